The van der Waals surface area contributed by atoms with E-state index in [0.717, 1.165) is 21.3 Å². The highest BCUT2D eigenvalue weighted by Gasteiger charge is 2.06. The van der Waals surface area contributed by atoms with Crippen LogP contribution in [0.25, 0.3) is 0 Å². The number of ketones is 1. The molecule has 0 fully saturated rings. The Labute approximate surface area is 120 Å². The van der Waals surface area contributed by atoms with E-state index in [4.69, 9.17) is 4.74 Å². The molecule has 0 aliphatic rings. The van der Waals surface area contributed by atoms with Crippen molar-refractivity contribution in [1.29, 1.82) is 0 Å². The first-order chi connectivity index (χ1) is 9.17. The molecule has 0 saturated heterocycles. The van der Waals surface area contributed by atoms with E-state index in [0.29, 0.717) is 12.8 Å². The Bertz CT molecular complexity index is 567. The van der Waals surface area contributed by atoms with E-state index in [-0.39, 0.29) is 5.78 Å². The van der Waals surface area contributed by atoms with Crippen molar-refractivity contribution in [3.63, 3.8) is 0 Å². The summed E-state index contributed by atoms with van der Waals surface area (Å²) in [5.41, 5.74) is 1.92. The molecule has 0 amide bonds. The minimum atomic E-state index is 0.171. The van der Waals surface area contributed by atoms with Crippen molar-refractivity contribution in [2.45, 2.75) is 12.8 Å². The Morgan fingerprint density at radius 2 is 1.84 bits per heavy atom. The van der Waals surface area contributed by atoms with Crippen molar-refractivity contribution in [3.05, 3.63) is 58.3 Å². The number of aromatic nitrogens is 1. The molecule has 0 aliphatic carbocycles. The van der Waals surface area contributed by atoms with E-state index in [1.165, 1.54) is 0 Å². The van der Waals surface area contributed by atoms with Crippen LogP contribution < -0.4 is 4.74 Å². The molecule has 0 radical (unpaired) electrons. The maximum absolute atomic E-state index is 12.0. The zero-order valence-corrected chi connectivity index (χ0v) is 12.2. The van der Waals surface area contributed by atoms with Crippen LogP contribution in [0.2, 0.25) is 0 Å². The van der Waals surface area contributed by atoms with Gasteiger partial charge >= 0.3 is 0 Å². The average molecular weight is 320 g/mol. The zero-order chi connectivity index (χ0) is 13.7. The standard InChI is InChI=1S/C15H14BrNO2/c1-19-15-4-2-11(3-5-15)7-14(18)8-12-6-13(16)10-17-9-12/h2-6,9-10H,7-8H2,1H3. The van der Waals surface area contributed by atoms with Gasteiger partial charge in [0.2, 0.25) is 0 Å². The number of Topliss-reactive ketones (excluding diaryl/α,β-unsaturated/α-hetero) is 1. The van der Waals surface area contributed by atoms with Gasteiger partial charge in [-0.3, -0.25) is 9.78 Å². The molecule has 1 aromatic carbocycles. The highest BCUT2D eigenvalue weighted by molar-refractivity contribution is 9.10. The molecule has 2 aromatic rings. The largest absolute Gasteiger partial charge is 0.497 e. The van der Waals surface area contributed by atoms with Gasteiger partial charge in [0, 0.05) is 29.7 Å². The first-order valence-corrected chi connectivity index (χ1v) is 6.71. The topological polar surface area (TPSA) is 39.2 Å². The number of carbonyl (C=O) groups is 1. The van der Waals surface area contributed by atoms with E-state index in [2.05, 4.69) is 20.9 Å². The van der Waals surface area contributed by atoms with Crippen molar-refractivity contribution in [3.8, 4) is 5.75 Å². The Kier molecular flexibility index (Phi) is 4.68. The monoisotopic (exact) mass is 319 g/mol. The number of pyridine rings is 1. The minimum Gasteiger partial charge on any atom is -0.497 e. The van der Waals surface area contributed by atoms with Crippen LogP contribution in [-0.2, 0) is 17.6 Å². The fourth-order valence-electron chi connectivity index (χ4n) is 1.81. The lowest BCUT2D eigenvalue weighted by Crippen LogP contribution is -2.06. The van der Waals surface area contributed by atoms with Gasteiger partial charge in [0.05, 0.1) is 7.11 Å². The molecular formula is C15H14BrNO2. The van der Waals surface area contributed by atoms with Crippen LogP contribution in [-0.4, -0.2) is 17.9 Å². The Balaban J connectivity index is 1.97. The molecular weight excluding hydrogens is 306 g/mol. The smallest absolute Gasteiger partial charge is 0.141 e. The number of hydrogen-bond acceptors (Lipinski definition) is 3. The van der Waals surface area contributed by atoms with E-state index in [1.807, 2.05) is 30.3 Å². The van der Waals surface area contributed by atoms with Gasteiger partial charge in [-0.25, -0.2) is 0 Å². The number of halogens is 1. The number of ether oxygens (including phenoxy) is 1. The summed E-state index contributed by atoms with van der Waals surface area (Å²) in [6.07, 6.45) is 4.25. The highest BCUT2D eigenvalue weighted by atomic mass is 79.9. The van der Waals surface area contributed by atoms with Gasteiger partial charge in [0.1, 0.15) is 11.5 Å². The Hall–Kier alpha value is -1.68. The lowest BCUT2D eigenvalue weighted by Gasteiger charge is -2.04. The third kappa shape index (κ3) is 4.17. The van der Waals surface area contributed by atoms with Gasteiger partial charge in [-0.05, 0) is 45.3 Å². The second-order valence-corrected chi connectivity index (χ2v) is 5.17. The molecule has 0 aliphatic heterocycles. The first-order valence-electron chi connectivity index (χ1n) is 5.91. The van der Waals surface area contributed by atoms with Crippen molar-refractivity contribution >= 4 is 21.7 Å². The van der Waals surface area contributed by atoms with Crippen LogP contribution in [0, 0.1) is 0 Å². The number of carbonyl (C=O) groups excluding carboxylic acids is 1. The van der Waals surface area contributed by atoms with Crippen LogP contribution >= 0.6 is 15.9 Å². The Morgan fingerprint density at radius 3 is 2.47 bits per heavy atom. The van der Waals surface area contributed by atoms with Gasteiger partial charge in [0.15, 0.2) is 0 Å². The fourth-order valence-corrected chi connectivity index (χ4v) is 2.23. The number of rotatable bonds is 5. The molecule has 0 N–H and O–H groups in total. The van der Waals surface area contributed by atoms with Crippen LogP contribution in [0.5, 0.6) is 5.75 Å². The fraction of sp³-hybridized carbons (Fsp3) is 0.200. The highest BCUT2D eigenvalue weighted by Crippen LogP contribution is 2.14. The molecule has 2 rings (SSSR count). The predicted octanol–water partition coefficient (Wildman–Crippen LogP) is 3.21. The number of hydrogen-bond donors (Lipinski definition) is 0. The molecule has 0 bridgehead atoms. The molecule has 19 heavy (non-hydrogen) atoms. The van der Waals surface area contributed by atoms with Crippen LogP contribution in [0.3, 0.4) is 0 Å². The van der Waals surface area contributed by atoms with E-state index >= 15 is 0 Å². The van der Waals surface area contributed by atoms with Crippen molar-refractivity contribution in [1.82, 2.24) is 4.98 Å². The summed E-state index contributed by atoms with van der Waals surface area (Å²) >= 11 is 3.35. The molecule has 98 valence electrons. The second-order valence-electron chi connectivity index (χ2n) is 4.25. The lowest BCUT2D eigenvalue weighted by molar-refractivity contribution is -0.117. The molecule has 4 heteroatoms. The van der Waals surface area contributed by atoms with Crippen LogP contribution in [0.4, 0.5) is 0 Å². The van der Waals surface area contributed by atoms with Gasteiger partial charge in [0.25, 0.3) is 0 Å². The van der Waals surface area contributed by atoms with Gasteiger partial charge < -0.3 is 4.74 Å². The molecule has 0 spiro atoms. The van der Waals surface area contributed by atoms with E-state index in [9.17, 15) is 4.79 Å². The Morgan fingerprint density at radius 1 is 1.16 bits per heavy atom. The lowest BCUT2D eigenvalue weighted by atomic mass is 10.0. The van der Waals surface area contributed by atoms with Crippen molar-refractivity contribution in [2.75, 3.05) is 7.11 Å². The zero-order valence-electron chi connectivity index (χ0n) is 10.6. The SMILES string of the molecule is COc1ccc(CC(=O)Cc2cncc(Br)c2)cc1. The molecule has 0 atom stereocenters. The molecule has 0 unspecified atom stereocenters. The average Bonchev–Trinajstić information content (AvgIpc) is 2.39. The maximum Gasteiger partial charge on any atom is 0.141 e. The summed E-state index contributed by atoms with van der Waals surface area (Å²) in [5, 5.41) is 0. The van der Waals surface area contributed by atoms with Crippen molar-refractivity contribution in [2.24, 2.45) is 0 Å². The third-order valence-corrected chi connectivity index (χ3v) is 3.16. The van der Waals surface area contributed by atoms with Crippen LogP contribution in [0.1, 0.15) is 11.1 Å². The number of benzene rings is 1. The molecule has 1 heterocycles. The van der Waals surface area contributed by atoms with Gasteiger partial charge in [-0.2, -0.15) is 0 Å². The quantitative estimate of drug-likeness (QED) is 0.849. The van der Waals surface area contributed by atoms with E-state index in [1.54, 1.807) is 19.5 Å². The van der Waals surface area contributed by atoms with Gasteiger partial charge in [-0.1, -0.05) is 12.1 Å². The summed E-state index contributed by atoms with van der Waals surface area (Å²) in [5.74, 6) is 0.970. The normalized spacial score (nSPS) is 10.2. The van der Waals surface area contributed by atoms with Crippen LogP contribution in [0.15, 0.2) is 47.2 Å². The number of methoxy groups -OCH3 is 1. The minimum absolute atomic E-state index is 0.171. The molecule has 1 aromatic heterocycles. The third-order valence-electron chi connectivity index (χ3n) is 2.72. The second kappa shape index (κ2) is 6.48. The predicted molar refractivity (Wildman–Crippen MR) is 77.3 cm³/mol. The summed E-state index contributed by atoms with van der Waals surface area (Å²) in [6, 6.07) is 9.47. The summed E-state index contributed by atoms with van der Waals surface area (Å²) in [6.45, 7) is 0. The molecule has 0 saturated carbocycles. The van der Waals surface area contributed by atoms with Crippen molar-refractivity contribution < 1.29 is 9.53 Å². The maximum atomic E-state index is 12.0. The first kappa shape index (κ1) is 13.7. The summed E-state index contributed by atoms with van der Waals surface area (Å²) in [7, 11) is 1.63. The summed E-state index contributed by atoms with van der Waals surface area (Å²) in [4.78, 5) is 16.0. The van der Waals surface area contributed by atoms with Gasteiger partial charge in [-0.15, -0.1) is 0 Å². The van der Waals surface area contributed by atoms with E-state index < -0.39 is 0 Å². The summed E-state index contributed by atoms with van der Waals surface area (Å²) < 4.78 is 5.98. The molecule has 3 nitrogen and oxygen atoms in total. The number of nitrogens with zero attached hydrogens (tertiary/aromatic N) is 1.